The first kappa shape index (κ1) is 10.1. The molecule has 2 aliphatic carbocycles. The van der Waals surface area contributed by atoms with Crippen molar-refractivity contribution in [1.29, 1.82) is 0 Å². The monoisotopic (exact) mass is 237 g/mol. The Kier molecular flexibility index (Phi) is 2.01. The highest BCUT2D eigenvalue weighted by molar-refractivity contribution is 6.31. The smallest absolute Gasteiger partial charge is 0.256 e. The number of fused-ring (bicyclic) bond motifs is 3. The normalized spacial score (nSPS) is 34.1. The van der Waals surface area contributed by atoms with Crippen LogP contribution in [0.3, 0.4) is 0 Å². The van der Waals surface area contributed by atoms with Gasteiger partial charge in [0.05, 0.1) is 0 Å². The number of rotatable bonds is 1. The van der Waals surface area contributed by atoms with Gasteiger partial charge >= 0.3 is 0 Å². The number of allylic oxidation sites excluding steroid dienone is 3. The number of hydrogen-bond donors (Lipinski definition) is 1. The highest BCUT2D eigenvalue weighted by atomic mass is 16.2. The third kappa shape index (κ3) is 1.38. The van der Waals surface area contributed by atoms with Gasteiger partial charge in [0.25, 0.3) is 5.91 Å². The Balaban J connectivity index is 1.73. The molecule has 0 aromatic heterocycles. The van der Waals surface area contributed by atoms with Crippen LogP contribution in [0.4, 0.5) is 5.69 Å². The topological polar surface area (TPSA) is 29.1 Å². The molecule has 2 bridgehead atoms. The molecule has 3 aliphatic rings. The summed E-state index contributed by atoms with van der Waals surface area (Å²) in [6.07, 6.45) is 9.35. The summed E-state index contributed by atoms with van der Waals surface area (Å²) in [6, 6.07) is 7.95. The lowest BCUT2D eigenvalue weighted by atomic mass is 9.90. The predicted molar refractivity (Wildman–Crippen MR) is 71.9 cm³/mol. The van der Waals surface area contributed by atoms with Crippen LogP contribution in [0.25, 0.3) is 5.57 Å². The molecule has 1 saturated carbocycles. The zero-order valence-corrected chi connectivity index (χ0v) is 10.1. The molecule has 2 heteroatoms. The lowest BCUT2D eigenvalue weighted by Crippen LogP contribution is -2.08. The Labute approximate surface area is 106 Å². The first-order chi connectivity index (χ1) is 8.81. The van der Waals surface area contributed by atoms with Crippen LogP contribution in [0.5, 0.6) is 0 Å². The number of carbonyl (C=O) groups excluding carboxylic acids is 1. The molecule has 1 fully saturated rings. The minimum absolute atomic E-state index is 0.0583. The van der Waals surface area contributed by atoms with E-state index in [1.165, 1.54) is 12.8 Å². The van der Waals surface area contributed by atoms with E-state index in [1.54, 1.807) is 0 Å². The van der Waals surface area contributed by atoms with Crippen molar-refractivity contribution in [3.8, 4) is 0 Å². The van der Waals surface area contributed by atoms with Crippen molar-refractivity contribution in [1.82, 2.24) is 0 Å². The zero-order valence-electron chi connectivity index (χ0n) is 10.1. The molecule has 3 atom stereocenters. The molecule has 1 aromatic rings. The molecular formula is C16H15NO. The summed E-state index contributed by atoms with van der Waals surface area (Å²) in [5.74, 6) is 2.01. The molecule has 4 rings (SSSR count). The van der Waals surface area contributed by atoms with Crippen LogP contribution < -0.4 is 5.32 Å². The fourth-order valence-corrected chi connectivity index (χ4v) is 3.53. The van der Waals surface area contributed by atoms with E-state index < -0.39 is 0 Å². The minimum Gasteiger partial charge on any atom is -0.321 e. The molecule has 2 nitrogen and oxygen atoms in total. The lowest BCUT2D eigenvalue weighted by Gasteiger charge is -2.14. The van der Waals surface area contributed by atoms with Crippen molar-refractivity contribution in [2.45, 2.75) is 12.8 Å². The van der Waals surface area contributed by atoms with Crippen LogP contribution in [0.2, 0.25) is 0 Å². The van der Waals surface area contributed by atoms with E-state index in [-0.39, 0.29) is 5.91 Å². The molecule has 1 N–H and O–H groups in total. The number of para-hydroxylation sites is 1. The van der Waals surface area contributed by atoms with E-state index in [1.807, 2.05) is 24.3 Å². The second kappa shape index (κ2) is 3.58. The summed E-state index contributed by atoms with van der Waals surface area (Å²) in [6.45, 7) is 0. The second-order valence-electron chi connectivity index (χ2n) is 5.52. The molecule has 0 saturated heterocycles. The average Bonchev–Trinajstić information content (AvgIpc) is 3.05. The maximum atomic E-state index is 12.0. The molecule has 1 heterocycles. The molecule has 0 unspecified atom stereocenters. The third-order valence-electron chi connectivity index (χ3n) is 4.42. The number of amides is 1. The maximum Gasteiger partial charge on any atom is 0.256 e. The first-order valence-electron chi connectivity index (χ1n) is 6.62. The molecule has 90 valence electrons. The van der Waals surface area contributed by atoms with Gasteiger partial charge in [-0.15, -0.1) is 0 Å². The van der Waals surface area contributed by atoms with Crippen LogP contribution in [-0.4, -0.2) is 5.91 Å². The highest BCUT2D eigenvalue weighted by Crippen LogP contribution is 2.45. The second-order valence-corrected chi connectivity index (χ2v) is 5.52. The van der Waals surface area contributed by atoms with Gasteiger partial charge in [0.2, 0.25) is 0 Å². The van der Waals surface area contributed by atoms with Gasteiger partial charge < -0.3 is 5.32 Å². The summed E-state index contributed by atoms with van der Waals surface area (Å²) in [5, 5.41) is 2.94. The maximum absolute atomic E-state index is 12.0. The van der Waals surface area contributed by atoms with Gasteiger partial charge in [0, 0.05) is 16.8 Å². The van der Waals surface area contributed by atoms with E-state index in [0.717, 1.165) is 22.7 Å². The number of hydrogen-bond acceptors (Lipinski definition) is 1. The number of carbonyl (C=O) groups is 1. The Bertz CT molecular complexity index is 585. The van der Waals surface area contributed by atoms with E-state index in [9.17, 15) is 4.79 Å². The van der Waals surface area contributed by atoms with Gasteiger partial charge in [-0.3, -0.25) is 4.79 Å². The Morgan fingerprint density at radius 1 is 1.17 bits per heavy atom. The number of benzene rings is 1. The molecule has 0 radical (unpaired) electrons. The molecule has 18 heavy (non-hydrogen) atoms. The minimum atomic E-state index is 0.0583. The number of nitrogens with one attached hydrogen (secondary N) is 1. The van der Waals surface area contributed by atoms with Gasteiger partial charge in [0.1, 0.15) is 0 Å². The lowest BCUT2D eigenvalue weighted by molar-refractivity contribution is -0.110. The van der Waals surface area contributed by atoms with Gasteiger partial charge in [-0.25, -0.2) is 0 Å². The van der Waals surface area contributed by atoms with Crippen LogP contribution in [-0.2, 0) is 4.79 Å². The van der Waals surface area contributed by atoms with Crippen LogP contribution >= 0.6 is 0 Å². The van der Waals surface area contributed by atoms with E-state index >= 15 is 0 Å². The summed E-state index contributed by atoms with van der Waals surface area (Å²) < 4.78 is 0. The van der Waals surface area contributed by atoms with E-state index in [0.29, 0.717) is 11.8 Å². The Hall–Kier alpha value is -1.83. The first-order valence-corrected chi connectivity index (χ1v) is 6.62. The average molecular weight is 237 g/mol. The van der Waals surface area contributed by atoms with Crippen LogP contribution in [0.15, 0.2) is 42.5 Å². The molecule has 0 spiro atoms. The largest absolute Gasteiger partial charge is 0.321 e. The van der Waals surface area contributed by atoms with Gasteiger partial charge in [-0.05, 0) is 36.7 Å². The Morgan fingerprint density at radius 3 is 2.83 bits per heavy atom. The van der Waals surface area contributed by atoms with Crippen molar-refractivity contribution >= 4 is 17.2 Å². The Morgan fingerprint density at radius 2 is 2.06 bits per heavy atom. The fourth-order valence-electron chi connectivity index (χ4n) is 3.53. The SMILES string of the molecule is O=C1Nc2ccccc2/C1=C\[C@H]1C[C@@H]2C=C[C@@H]1C2. The van der Waals surface area contributed by atoms with E-state index in [4.69, 9.17) is 0 Å². The third-order valence-corrected chi connectivity index (χ3v) is 4.42. The van der Waals surface area contributed by atoms with E-state index in [2.05, 4.69) is 23.5 Å². The fraction of sp³-hybridized carbons (Fsp3) is 0.312. The summed E-state index contributed by atoms with van der Waals surface area (Å²) >= 11 is 0. The summed E-state index contributed by atoms with van der Waals surface area (Å²) in [7, 11) is 0. The highest BCUT2D eigenvalue weighted by Gasteiger charge is 2.36. The quantitative estimate of drug-likeness (QED) is 0.589. The van der Waals surface area contributed by atoms with Crippen LogP contribution in [0.1, 0.15) is 18.4 Å². The standard InChI is InChI=1S/C16H15NO/c18-16-14(13-3-1-2-4-15(13)17-16)9-12-8-10-5-6-11(12)7-10/h1-6,9-12H,7-8H2,(H,17,18)/b14-9+/t10-,11-,12-/m1/s1. The molecular weight excluding hydrogens is 222 g/mol. The predicted octanol–water partition coefficient (Wildman–Crippen LogP) is 3.23. The zero-order chi connectivity index (χ0) is 12.1. The van der Waals surface area contributed by atoms with Crippen molar-refractivity contribution in [2.24, 2.45) is 17.8 Å². The summed E-state index contributed by atoms with van der Waals surface area (Å²) in [4.78, 5) is 12.0. The van der Waals surface area contributed by atoms with Crippen molar-refractivity contribution in [3.63, 3.8) is 0 Å². The summed E-state index contributed by atoms with van der Waals surface area (Å²) in [5.41, 5.74) is 2.89. The van der Waals surface area contributed by atoms with Crippen molar-refractivity contribution < 1.29 is 4.79 Å². The van der Waals surface area contributed by atoms with Gasteiger partial charge in [0.15, 0.2) is 0 Å². The number of anilines is 1. The van der Waals surface area contributed by atoms with Crippen molar-refractivity contribution in [3.05, 3.63) is 48.1 Å². The van der Waals surface area contributed by atoms with Crippen LogP contribution in [0, 0.1) is 17.8 Å². The van der Waals surface area contributed by atoms with Gasteiger partial charge in [-0.1, -0.05) is 36.4 Å². The van der Waals surface area contributed by atoms with Crippen molar-refractivity contribution in [2.75, 3.05) is 5.32 Å². The molecule has 1 aliphatic heterocycles. The molecule has 1 amide bonds. The molecule has 1 aromatic carbocycles. The van der Waals surface area contributed by atoms with Gasteiger partial charge in [-0.2, -0.15) is 0 Å².